The number of carbonyl (C=O) groups excluding carboxylic acids is 2. The second kappa shape index (κ2) is 13.9. The third kappa shape index (κ3) is 6.24. The third-order valence-electron chi connectivity index (χ3n) is 10.0. The summed E-state index contributed by atoms with van der Waals surface area (Å²) in [6.45, 7) is 5.26. The van der Waals surface area contributed by atoms with Crippen LogP contribution in [0.1, 0.15) is 43.0 Å². The van der Waals surface area contributed by atoms with Gasteiger partial charge in [0.05, 0.1) is 42.8 Å². The first-order valence-corrected chi connectivity index (χ1v) is 17.4. The Hall–Kier alpha value is -6.49. The van der Waals surface area contributed by atoms with Crippen molar-refractivity contribution in [3.8, 4) is 23.0 Å². The zero-order chi connectivity index (χ0) is 36.6. The number of ether oxygens (including phenoxy) is 4. The van der Waals surface area contributed by atoms with Crippen LogP contribution in [0.2, 0.25) is 0 Å². The minimum Gasteiger partial charge on any atom is -0.493 e. The number of anilines is 4. The van der Waals surface area contributed by atoms with Gasteiger partial charge in [-0.25, -0.2) is 0 Å². The number of carbonyl (C=O) groups is 2. The molecule has 0 aromatic heterocycles. The Morgan fingerprint density at radius 2 is 1.51 bits per heavy atom. The van der Waals surface area contributed by atoms with E-state index in [2.05, 4.69) is 23.1 Å². The highest BCUT2D eigenvalue weighted by Gasteiger charge is 2.37. The Kier molecular flexibility index (Phi) is 8.83. The predicted octanol–water partition coefficient (Wildman–Crippen LogP) is 6.98. The molecule has 0 saturated heterocycles. The molecule has 11 nitrogen and oxygen atoms in total. The fourth-order valence-electron chi connectivity index (χ4n) is 7.51. The number of aliphatic imine (C=N–C) groups is 1. The molecule has 0 aliphatic carbocycles. The van der Waals surface area contributed by atoms with Gasteiger partial charge in [0.1, 0.15) is 13.2 Å². The molecule has 0 spiro atoms. The lowest BCUT2D eigenvalue weighted by Gasteiger charge is -2.22. The van der Waals surface area contributed by atoms with E-state index in [9.17, 15) is 9.59 Å². The Morgan fingerprint density at radius 1 is 0.849 bits per heavy atom. The molecule has 0 bridgehead atoms. The maximum atomic E-state index is 13.8. The van der Waals surface area contributed by atoms with Gasteiger partial charge in [-0.15, -0.1) is 0 Å². The molecule has 3 aliphatic heterocycles. The van der Waals surface area contributed by atoms with Gasteiger partial charge in [0.15, 0.2) is 23.0 Å². The van der Waals surface area contributed by atoms with Crippen molar-refractivity contribution in [1.29, 1.82) is 0 Å². The van der Waals surface area contributed by atoms with E-state index in [1.54, 1.807) is 30.2 Å². The van der Waals surface area contributed by atoms with Gasteiger partial charge < -0.3 is 39.8 Å². The number of fused-ring (bicyclic) bond motifs is 5. The second-order valence-corrected chi connectivity index (χ2v) is 13.3. The molecule has 1 unspecified atom stereocenters. The van der Waals surface area contributed by atoms with Crippen molar-refractivity contribution in [2.24, 2.45) is 4.99 Å². The van der Waals surface area contributed by atoms with Crippen LogP contribution in [0.3, 0.4) is 0 Å². The summed E-state index contributed by atoms with van der Waals surface area (Å²) in [6, 6.07) is 28.4. The summed E-state index contributed by atoms with van der Waals surface area (Å²) in [5, 5.41) is 3.47. The van der Waals surface area contributed by atoms with E-state index in [4.69, 9.17) is 24.7 Å². The van der Waals surface area contributed by atoms with Crippen LogP contribution in [-0.2, 0) is 26.1 Å². The quantitative estimate of drug-likeness (QED) is 0.118. The summed E-state index contributed by atoms with van der Waals surface area (Å²) in [4.78, 5) is 35.3. The molecule has 268 valence electrons. The second-order valence-electron chi connectivity index (χ2n) is 13.3. The van der Waals surface area contributed by atoms with Crippen LogP contribution in [-0.4, -0.2) is 51.9 Å². The summed E-state index contributed by atoms with van der Waals surface area (Å²) in [6.07, 6.45) is 1.58. The topological polar surface area (TPSA) is 128 Å². The number of methoxy groups -OCH3 is 2. The first kappa shape index (κ1) is 33.6. The standard InChI is InChI=1S/C42H39N5O6/c1-44-33-20-39(37(50-2)18-31(33)41(48)46-13-12-27-8-4-6-10-35(27)46)52-23-25-14-26(16-29(43)15-25)24-53-40-21-34-32(19-38(40)51-3)42(49)47-30(22-45-34)17-28-9-5-7-11-36(28)47/h4-11,14-16,18-21,30,45H,1,12-13,17,22-24,43H2,2-3H3. The highest BCUT2D eigenvalue weighted by Crippen LogP contribution is 2.41. The summed E-state index contributed by atoms with van der Waals surface area (Å²) >= 11 is 0. The van der Waals surface area contributed by atoms with Crippen molar-refractivity contribution in [2.75, 3.05) is 48.2 Å². The highest BCUT2D eigenvalue weighted by atomic mass is 16.5. The smallest absolute Gasteiger partial charge is 0.260 e. The number of nitrogens with two attached hydrogens (primary N) is 1. The average Bonchev–Trinajstić information content (AvgIpc) is 3.75. The largest absolute Gasteiger partial charge is 0.493 e. The van der Waals surface area contributed by atoms with Crippen LogP contribution in [0.15, 0.2) is 96.0 Å². The lowest BCUT2D eigenvalue weighted by atomic mass is 10.1. The summed E-state index contributed by atoms with van der Waals surface area (Å²) in [5.41, 5.74) is 14.6. The molecule has 0 saturated carbocycles. The van der Waals surface area contributed by atoms with Gasteiger partial charge in [-0.2, -0.15) is 0 Å². The first-order valence-electron chi connectivity index (χ1n) is 17.4. The van der Waals surface area contributed by atoms with Crippen LogP contribution < -0.4 is 39.8 Å². The number of amides is 2. The monoisotopic (exact) mass is 709 g/mol. The molecule has 5 aromatic carbocycles. The maximum Gasteiger partial charge on any atom is 0.260 e. The molecule has 5 aromatic rings. The van der Waals surface area contributed by atoms with Gasteiger partial charge in [0.2, 0.25) is 0 Å². The van der Waals surface area contributed by atoms with Crippen LogP contribution in [0.5, 0.6) is 23.0 Å². The zero-order valence-electron chi connectivity index (χ0n) is 29.6. The Balaban J connectivity index is 0.980. The molecular formula is C42H39N5O6. The molecule has 8 rings (SSSR count). The first-order chi connectivity index (χ1) is 25.8. The van der Waals surface area contributed by atoms with Gasteiger partial charge in [-0.1, -0.05) is 36.4 Å². The van der Waals surface area contributed by atoms with Crippen molar-refractivity contribution in [3.63, 3.8) is 0 Å². The van der Waals surface area contributed by atoms with E-state index in [-0.39, 0.29) is 31.1 Å². The number of nitrogens with one attached hydrogen (secondary N) is 1. The Morgan fingerprint density at radius 3 is 2.23 bits per heavy atom. The molecule has 53 heavy (non-hydrogen) atoms. The Bertz CT molecular complexity index is 2270. The molecule has 3 aliphatic rings. The molecule has 0 fully saturated rings. The fraction of sp³-hybridized carbons (Fsp3) is 0.214. The number of benzene rings is 5. The van der Waals surface area contributed by atoms with Crippen molar-refractivity contribution in [3.05, 3.63) is 124 Å². The number of nitrogen functional groups attached to an aromatic ring is 1. The number of hydrogen-bond donors (Lipinski definition) is 2. The molecule has 2 amide bonds. The van der Waals surface area contributed by atoms with E-state index >= 15 is 0 Å². The van der Waals surface area contributed by atoms with Gasteiger partial charge in [0, 0.05) is 42.3 Å². The Labute approximate surface area is 307 Å². The number of para-hydroxylation sites is 2. The van der Waals surface area contributed by atoms with Crippen molar-refractivity contribution >= 4 is 47.0 Å². The fourth-order valence-corrected chi connectivity index (χ4v) is 7.51. The van der Waals surface area contributed by atoms with Crippen molar-refractivity contribution in [1.82, 2.24) is 0 Å². The minimum absolute atomic E-state index is 0.0173. The van der Waals surface area contributed by atoms with Gasteiger partial charge in [0.25, 0.3) is 11.8 Å². The predicted molar refractivity (Wildman–Crippen MR) is 206 cm³/mol. The summed E-state index contributed by atoms with van der Waals surface area (Å²) in [5.74, 6) is 1.50. The molecule has 11 heteroatoms. The lowest BCUT2D eigenvalue weighted by Crippen LogP contribution is -2.39. The third-order valence-corrected chi connectivity index (χ3v) is 10.0. The van der Waals surface area contributed by atoms with Gasteiger partial charge >= 0.3 is 0 Å². The highest BCUT2D eigenvalue weighted by molar-refractivity contribution is 6.12. The maximum absolute atomic E-state index is 13.8. The average molecular weight is 710 g/mol. The van der Waals surface area contributed by atoms with Crippen LogP contribution in [0.25, 0.3) is 0 Å². The van der Waals surface area contributed by atoms with E-state index < -0.39 is 0 Å². The SMILES string of the molecule is C=Nc1cc(OCc2cc(N)cc(COc3cc4c(cc3OC)C(=O)N3c5ccccc5CC3CN4)c2)c(OC)cc1C(=O)N1CCc2ccccc21. The van der Waals surface area contributed by atoms with Crippen molar-refractivity contribution < 1.29 is 28.5 Å². The normalized spacial score (nSPS) is 15.4. The molecule has 3 heterocycles. The zero-order valence-corrected chi connectivity index (χ0v) is 29.6. The van der Waals surface area contributed by atoms with Crippen molar-refractivity contribution in [2.45, 2.75) is 32.1 Å². The van der Waals surface area contributed by atoms with E-state index in [1.165, 1.54) is 12.7 Å². The van der Waals surface area contributed by atoms with E-state index in [1.807, 2.05) is 71.6 Å². The lowest BCUT2D eigenvalue weighted by molar-refractivity contribution is 0.0978. The number of nitrogens with zero attached hydrogens (tertiary/aromatic N) is 3. The van der Waals surface area contributed by atoms with E-state index in [0.29, 0.717) is 64.3 Å². The van der Waals surface area contributed by atoms with Gasteiger partial charge in [-0.3, -0.25) is 14.6 Å². The number of rotatable bonds is 10. The molecule has 0 radical (unpaired) electrons. The van der Waals surface area contributed by atoms with E-state index in [0.717, 1.165) is 40.9 Å². The molecule has 3 N–H and O–H groups in total. The van der Waals surface area contributed by atoms with Crippen LogP contribution in [0.4, 0.5) is 28.4 Å². The summed E-state index contributed by atoms with van der Waals surface area (Å²) < 4.78 is 23.9. The number of hydrogen-bond acceptors (Lipinski definition) is 9. The summed E-state index contributed by atoms with van der Waals surface area (Å²) in [7, 11) is 3.09. The van der Waals surface area contributed by atoms with Crippen LogP contribution >= 0.6 is 0 Å². The minimum atomic E-state index is -0.178. The van der Waals surface area contributed by atoms with Gasteiger partial charge in [-0.05, 0) is 84.3 Å². The molecular weight excluding hydrogens is 670 g/mol. The van der Waals surface area contributed by atoms with Crippen LogP contribution in [0, 0.1) is 0 Å². The molecule has 1 atom stereocenters.